The summed E-state index contributed by atoms with van der Waals surface area (Å²) in [6.07, 6.45) is 1.29. The number of hydrogen-bond donors (Lipinski definition) is 0. The third-order valence-electron chi connectivity index (χ3n) is 2.23. The molecule has 0 atom stereocenters. The quantitative estimate of drug-likeness (QED) is 0.603. The zero-order chi connectivity index (χ0) is 11.5. The molecule has 0 aliphatic carbocycles. The van der Waals surface area contributed by atoms with E-state index in [0.29, 0.717) is 4.88 Å². The Labute approximate surface area is 96.7 Å². The van der Waals surface area contributed by atoms with E-state index in [9.17, 15) is 9.59 Å². The Bertz CT molecular complexity index is 508. The number of carbonyl (C=O) groups is 2. The fraction of sp³-hybridized carbons (Fsp3) is 0.167. The van der Waals surface area contributed by atoms with Crippen molar-refractivity contribution in [3.05, 3.63) is 46.0 Å². The van der Waals surface area contributed by atoms with E-state index in [1.54, 1.807) is 12.1 Å². The molecular formula is C12H10O3S. The highest BCUT2D eigenvalue weighted by Crippen LogP contribution is 2.18. The van der Waals surface area contributed by atoms with Gasteiger partial charge in [-0.3, -0.25) is 9.59 Å². The van der Waals surface area contributed by atoms with Crippen LogP contribution >= 0.6 is 11.3 Å². The molecule has 2 heterocycles. The zero-order valence-electron chi connectivity index (χ0n) is 8.73. The van der Waals surface area contributed by atoms with Crippen LogP contribution in [0.5, 0.6) is 0 Å². The van der Waals surface area contributed by atoms with Gasteiger partial charge in [0.2, 0.25) is 5.78 Å². The molecule has 0 unspecified atom stereocenters. The van der Waals surface area contributed by atoms with E-state index in [4.69, 9.17) is 4.42 Å². The lowest BCUT2D eigenvalue weighted by atomic mass is 10.1. The van der Waals surface area contributed by atoms with Crippen LogP contribution in [0.25, 0.3) is 0 Å². The van der Waals surface area contributed by atoms with E-state index in [1.807, 2.05) is 18.4 Å². The van der Waals surface area contributed by atoms with Crippen molar-refractivity contribution in [2.45, 2.75) is 13.3 Å². The Hall–Kier alpha value is -1.68. The minimum atomic E-state index is -0.275. The van der Waals surface area contributed by atoms with Gasteiger partial charge in [0.05, 0.1) is 17.6 Å². The number of carbonyl (C=O) groups excluding carboxylic acids is 2. The summed E-state index contributed by atoms with van der Waals surface area (Å²) in [5.74, 6) is -0.181. The fourth-order valence-corrected chi connectivity index (χ4v) is 2.27. The fourth-order valence-electron chi connectivity index (χ4n) is 1.41. The van der Waals surface area contributed by atoms with Gasteiger partial charge in [-0.1, -0.05) is 0 Å². The number of Topliss-reactive ketones (excluding diaryl/α,β-unsaturated/α-hetero) is 2. The highest BCUT2D eigenvalue weighted by molar-refractivity contribution is 7.12. The molecule has 16 heavy (non-hydrogen) atoms. The smallest absolute Gasteiger partial charge is 0.205 e. The average Bonchev–Trinajstić information content (AvgIpc) is 2.86. The van der Waals surface area contributed by atoms with Crippen LogP contribution in [0.2, 0.25) is 0 Å². The first-order valence-corrected chi connectivity index (χ1v) is 5.70. The average molecular weight is 234 g/mol. The van der Waals surface area contributed by atoms with Crippen molar-refractivity contribution in [1.82, 2.24) is 0 Å². The first-order chi connectivity index (χ1) is 7.68. The second-order valence-corrected chi connectivity index (χ2v) is 4.35. The molecule has 3 nitrogen and oxygen atoms in total. The van der Waals surface area contributed by atoms with Gasteiger partial charge < -0.3 is 4.42 Å². The second kappa shape index (κ2) is 4.45. The van der Waals surface area contributed by atoms with Crippen LogP contribution in [-0.4, -0.2) is 11.6 Å². The molecule has 0 bridgehead atoms. The molecule has 0 aromatic carbocycles. The van der Waals surface area contributed by atoms with Crippen LogP contribution in [0.15, 0.2) is 34.3 Å². The number of ketones is 2. The monoisotopic (exact) mass is 234 g/mol. The molecule has 0 N–H and O–H groups in total. The van der Waals surface area contributed by atoms with Gasteiger partial charge in [-0.05, 0) is 36.1 Å². The highest BCUT2D eigenvalue weighted by Gasteiger charge is 2.17. The number of thiophene rings is 1. The maximum Gasteiger partial charge on any atom is 0.205 e. The largest absolute Gasteiger partial charge is 0.461 e. The molecule has 4 heteroatoms. The summed E-state index contributed by atoms with van der Waals surface area (Å²) in [5.41, 5.74) is 0.919. The number of hydrogen-bond acceptors (Lipinski definition) is 4. The highest BCUT2D eigenvalue weighted by atomic mass is 32.1. The minimum absolute atomic E-state index is 0.130. The van der Waals surface area contributed by atoms with E-state index in [0.717, 1.165) is 5.56 Å². The van der Waals surface area contributed by atoms with Crippen molar-refractivity contribution in [3.8, 4) is 0 Å². The van der Waals surface area contributed by atoms with Crippen LogP contribution in [0.3, 0.4) is 0 Å². The second-order valence-electron chi connectivity index (χ2n) is 3.43. The third-order valence-corrected chi connectivity index (χ3v) is 3.29. The predicted molar refractivity (Wildman–Crippen MR) is 61.0 cm³/mol. The van der Waals surface area contributed by atoms with Gasteiger partial charge in [0.15, 0.2) is 11.5 Å². The van der Waals surface area contributed by atoms with Gasteiger partial charge in [-0.2, -0.15) is 0 Å². The Morgan fingerprint density at radius 2 is 2.12 bits per heavy atom. The minimum Gasteiger partial charge on any atom is -0.461 e. The first-order valence-electron chi connectivity index (χ1n) is 4.82. The predicted octanol–water partition coefficient (Wildman–Crippen LogP) is 3.11. The molecule has 0 aliphatic rings. The Balaban J connectivity index is 2.09. The lowest BCUT2D eigenvalue weighted by Gasteiger charge is -1.97. The van der Waals surface area contributed by atoms with E-state index in [1.165, 1.54) is 17.6 Å². The molecule has 0 fully saturated rings. The van der Waals surface area contributed by atoms with Crippen LogP contribution in [0, 0.1) is 6.92 Å². The van der Waals surface area contributed by atoms with Crippen molar-refractivity contribution in [1.29, 1.82) is 0 Å². The van der Waals surface area contributed by atoms with E-state index in [2.05, 4.69) is 0 Å². The lowest BCUT2D eigenvalue weighted by Crippen LogP contribution is -2.07. The van der Waals surface area contributed by atoms with Gasteiger partial charge in [0, 0.05) is 0 Å². The molecule has 0 amide bonds. The maximum absolute atomic E-state index is 11.8. The Kier molecular flexibility index (Phi) is 3.01. The zero-order valence-corrected chi connectivity index (χ0v) is 9.54. The summed E-state index contributed by atoms with van der Waals surface area (Å²) in [5, 5.41) is 1.85. The summed E-state index contributed by atoms with van der Waals surface area (Å²) in [6, 6.07) is 5.07. The summed E-state index contributed by atoms with van der Waals surface area (Å²) in [7, 11) is 0. The van der Waals surface area contributed by atoms with Crippen molar-refractivity contribution in [2.24, 2.45) is 0 Å². The SMILES string of the molecule is Cc1ccsc1C(=O)CC(=O)c1ccco1. The molecule has 82 valence electrons. The standard InChI is InChI=1S/C12H10O3S/c1-8-4-6-16-12(8)10(14)7-9(13)11-3-2-5-15-11/h2-6H,7H2,1H3. The molecular weight excluding hydrogens is 224 g/mol. The van der Waals surface area contributed by atoms with E-state index < -0.39 is 0 Å². The Morgan fingerprint density at radius 1 is 1.31 bits per heavy atom. The summed E-state index contributed by atoms with van der Waals surface area (Å²) in [6.45, 7) is 1.86. The molecule has 0 spiro atoms. The van der Waals surface area contributed by atoms with Crippen molar-refractivity contribution in [2.75, 3.05) is 0 Å². The van der Waals surface area contributed by atoms with E-state index >= 15 is 0 Å². The lowest BCUT2D eigenvalue weighted by molar-refractivity contribution is 0.0880. The molecule has 0 radical (unpaired) electrons. The van der Waals surface area contributed by atoms with Crippen molar-refractivity contribution in [3.63, 3.8) is 0 Å². The van der Waals surface area contributed by atoms with Crippen LogP contribution in [0.4, 0.5) is 0 Å². The van der Waals surface area contributed by atoms with E-state index in [-0.39, 0.29) is 23.7 Å². The topological polar surface area (TPSA) is 47.3 Å². The Morgan fingerprint density at radius 3 is 2.69 bits per heavy atom. The summed E-state index contributed by atoms with van der Waals surface area (Å²) >= 11 is 1.36. The van der Waals surface area contributed by atoms with Gasteiger partial charge in [0.25, 0.3) is 0 Å². The van der Waals surface area contributed by atoms with Crippen molar-refractivity contribution >= 4 is 22.9 Å². The van der Waals surface area contributed by atoms with Crippen LogP contribution in [0.1, 0.15) is 32.2 Å². The summed E-state index contributed by atoms with van der Waals surface area (Å²) < 4.78 is 4.95. The molecule has 2 aromatic rings. The molecule has 2 rings (SSSR count). The number of furan rings is 1. The first kappa shape index (κ1) is 10.8. The molecule has 0 saturated carbocycles. The number of aryl methyl sites for hydroxylation is 1. The normalized spacial score (nSPS) is 10.3. The molecule has 2 aromatic heterocycles. The maximum atomic E-state index is 11.8. The molecule has 0 saturated heterocycles. The van der Waals surface area contributed by atoms with Crippen LogP contribution in [-0.2, 0) is 0 Å². The van der Waals surface area contributed by atoms with Gasteiger partial charge >= 0.3 is 0 Å². The summed E-state index contributed by atoms with van der Waals surface area (Å²) in [4.78, 5) is 24.0. The van der Waals surface area contributed by atoms with Gasteiger partial charge in [-0.15, -0.1) is 11.3 Å². The van der Waals surface area contributed by atoms with Crippen LogP contribution < -0.4 is 0 Å². The third kappa shape index (κ3) is 2.12. The van der Waals surface area contributed by atoms with Gasteiger partial charge in [-0.25, -0.2) is 0 Å². The van der Waals surface area contributed by atoms with Crippen molar-refractivity contribution < 1.29 is 14.0 Å². The molecule has 0 aliphatic heterocycles. The number of rotatable bonds is 4. The van der Waals surface area contributed by atoms with Gasteiger partial charge in [0.1, 0.15) is 0 Å².